The number of carbonyl (C=O) groups is 2. The zero-order valence-electron chi connectivity index (χ0n) is 13.4. The molecule has 2 amide bonds. The summed E-state index contributed by atoms with van der Waals surface area (Å²) in [4.78, 5) is 33.5. The minimum Gasteiger partial charge on any atom is -0.328 e. The monoisotopic (exact) mass is 378 g/mol. The lowest BCUT2D eigenvalue weighted by atomic mass is 9.86. The smallest absolute Gasteiger partial charge is 0.254 e. The first kappa shape index (κ1) is 16.8. The third-order valence-electron chi connectivity index (χ3n) is 4.70. The van der Waals surface area contributed by atoms with Crippen LogP contribution in [0.4, 0.5) is 14.7 Å². The Morgan fingerprint density at radius 3 is 2.62 bits per heavy atom. The van der Waals surface area contributed by atoms with Gasteiger partial charge in [0.1, 0.15) is 12.4 Å². The molecule has 1 saturated carbocycles. The Bertz CT molecular complexity index is 916. The molecule has 1 fully saturated rings. The van der Waals surface area contributed by atoms with Crippen molar-refractivity contribution >= 4 is 29.4 Å². The van der Waals surface area contributed by atoms with Crippen LogP contribution in [0.2, 0.25) is 5.02 Å². The maximum Gasteiger partial charge on any atom is 0.254 e. The lowest BCUT2D eigenvalue weighted by molar-refractivity contribution is -0.117. The van der Waals surface area contributed by atoms with E-state index in [0.717, 1.165) is 25.2 Å². The van der Waals surface area contributed by atoms with Crippen molar-refractivity contribution in [3.8, 4) is 0 Å². The van der Waals surface area contributed by atoms with Crippen LogP contribution < -0.4 is 5.32 Å². The number of rotatable bonds is 3. The zero-order chi connectivity index (χ0) is 18.5. The Balaban J connectivity index is 1.55. The molecule has 1 aromatic heterocycles. The fourth-order valence-corrected chi connectivity index (χ4v) is 3.49. The molecule has 0 saturated heterocycles. The molecule has 2 aromatic rings. The second kappa shape index (κ2) is 5.98. The van der Waals surface area contributed by atoms with Crippen molar-refractivity contribution in [3.05, 3.63) is 52.3 Å². The molecule has 6 nitrogen and oxygen atoms in total. The van der Waals surface area contributed by atoms with Gasteiger partial charge < -0.3 is 4.90 Å². The van der Waals surface area contributed by atoms with E-state index in [9.17, 15) is 18.4 Å². The fourth-order valence-electron chi connectivity index (χ4n) is 3.34. The van der Waals surface area contributed by atoms with Crippen LogP contribution in [0.15, 0.2) is 24.5 Å². The topological polar surface area (TPSA) is 75.2 Å². The Labute approximate surface area is 152 Å². The number of hydrogen-bond donors (Lipinski definition) is 1. The Kier molecular flexibility index (Phi) is 3.87. The first-order valence-corrected chi connectivity index (χ1v) is 8.33. The Hall–Kier alpha value is -2.61. The highest BCUT2D eigenvalue weighted by Crippen LogP contribution is 2.53. The summed E-state index contributed by atoms with van der Waals surface area (Å²) in [7, 11) is 0. The van der Waals surface area contributed by atoms with E-state index in [1.807, 2.05) is 0 Å². The van der Waals surface area contributed by atoms with Crippen molar-refractivity contribution in [1.82, 2.24) is 14.9 Å². The molecular weight excluding hydrogens is 366 g/mol. The standard InChI is InChI=1S/C17H13ClF2N4O2/c18-11-2-1-10-13(14(11)20)17(3-4-17)8-24(15(10)26)7-12(25)23-16-21-5-9(19)6-22-16/h1-2,5-6H,3-4,7-8H2,(H,21,22,23,25). The molecule has 1 spiro atoms. The second-order valence-electron chi connectivity index (χ2n) is 6.50. The predicted molar refractivity (Wildman–Crippen MR) is 88.8 cm³/mol. The van der Waals surface area contributed by atoms with Crippen LogP contribution in [0.3, 0.4) is 0 Å². The normalized spacial score (nSPS) is 17.2. The molecule has 1 N–H and O–H groups in total. The number of benzene rings is 1. The van der Waals surface area contributed by atoms with Gasteiger partial charge in [0.15, 0.2) is 5.82 Å². The summed E-state index contributed by atoms with van der Waals surface area (Å²) in [6.07, 6.45) is 3.31. The molecular formula is C17H13ClF2N4O2. The molecule has 0 unspecified atom stereocenters. The molecule has 0 bridgehead atoms. The van der Waals surface area contributed by atoms with E-state index >= 15 is 0 Å². The van der Waals surface area contributed by atoms with Crippen LogP contribution >= 0.6 is 11.6 Å². The van der Waals surface area contributed by atoms with Gasteiger partial charge in [-0.25, -0.2) is 18.7 Å². The number of amides is 2. The first-order chi connectivity index (χ1) is 12.4. The molecule has 2 heterocycles. The van der Waals surface area contributed by atoms with Crippen LogP contribution in [0.25, 0.3) is 0 Å². The maximum atomic E-state index is 14.5. The highest BCUT2D eigenvalue weighted by Gasteiger charge is 2.53. The lowest BCUT2D eigenvalue weighted by Gasteiger charge is -2.34. The van der Waals surface area contributed by atoms with E-state index in [1.54, 1.807) is 0 Å². The van der Waals surface area contributed by atoms with E-state index in [1.165, 1.54) is 17.0 Å². The number of nitrogens with zero attached hydrogens (tertiary/aromatic N) is 3. The van der Waals surface area contributed by atoms with Gasteiger partial charge in [-0.1, -0.05) is 11.6 Å². The van der Waals surface area contributed by atoms with Crippen molar-refractivity contribution in [1.29, 1.82) is 0 Å². The highest BCUT2D eigenvalue weighted by molar-refractivity contribution is 6.31. The SMILES string of the molecule is O=C(CN1CC2(CC2)c2c(ccc(Cl)c2F)C1=O)Nc1ncc(F)cn1. The number of nitrogens with one attached hydrogen (secondary N) is 1. The number of anilines is 1. The van der Waals surface area contributed by atoms with Crippen molar-refractivity contribution in [2.45, 2.75) is 18.3 Å². The molecule has 1 aliphatic heterocycles. The van der Waals surface area contributed by atoms with E-state index in [4.69, 9.17) is 11.6 Å². The summed E-state index contributed by atoms with van der Waals surface area (Å²) >= 11 is 5.87. The van der Waals surface area contributed by atoms with E-state index < -0.39 is 28.9 Å². The fraction of sp³-hybridized carbons (Fsp3) is 0.294. The van der Waals surface area contributed by atoms with Gasteiger partial charge in [0.05, 0.1) is 17.4 Å². The molecule has 0 atom stereocenters. The molecule has 9 heteroatoms. The van der Waals surface area contributed by atoms with Gasteiger partial charge in [-0.2, -0.15) is 0 Å². The van der Waals surface area contributed by atoms with Gasteiger partial charge in [-0.3, -0.25) is 14.9 Å². The average Bonchev–Trinajstić information content (AvgIpc) is 3.37. The number of aromatic nitrogens is 2. The van der Waals surface area contributed by atoms with Crippen LogP contribution in [0.5, 0.6) is 0 Å². The van der Waals surface area contributed by atoms with Crippen LogP contribution in [-0.4, -0.2) is 39.8 Å². The average molecular weight is 379 g/mol. The van der Waals surface area contributed by atoms with Gasteiger partial charge in [-0.05, 0) is 25.0 Å². The lowest BCUT2D eigenvalue weighted by Crippen LogP contribution is -2.47. The third kappa shape index (κ3) is 2.80. The van der Waals surface area contributed by atoms with Gasteiger partial charge in [0.2, 0.25) is 11.9 Å². The van der Waals surface area contributed by atoms with Crippen molar-refractivity contribution in [3.63, 3.8) is 0 Å². The minimum absolute atomic E-state index is 0.0116. The quantitative estimate of drug-likeness (QED) is 0.890. The second-order valence-corrected chi connectivity index (χ2v) is 6.91. The first-order valence-electron chi connectivity index (χ1n) is 7.95. The van der Waals surface area contributed by atoms with Crippen LogP contribution in [-0.2, 0) is 10.2 Å². The molecule has 1 aromatic carbocycles. The van der Waals surface area contributed by atoms with Gasteiger partial charge in [0.25, 0.3) is 5.91 Å². The number of carbonyl (C=O) groups excluding carboxylic acids is 2. The summed E-state index contributed by atoms with van der Waals surface area (Å²) in [5, 5.41) is 2.40. The summed E-state index contributed by atoms with van der Waals surface area (Å²) < 4.78 is 27.3. The Morgan fingerprint density at radius 1 is 1.27 bits per heavy atom. The molecule has 26 heavy (non-hydrogen) atoms. The molecule has 1 aliphatic carbocycles. The summed E-state index contributed by atoms with van der Waals surface area (Å²) in [6.45, 7) is 0.0127. The largest absolute Gasteiger partial charge is 0.328 e. The van der Waals surface area contributed by atoms with Crippen molar-refractivity contribution < 1.29 is 18.4 Å². The third-order valence-corrected chi connectivity index (χ3v) is 4.99. The van der Waals surface area contributed by atoms with Crippen molar-refractivity contribution in [2.24, 2.45) is 0 Å². The van der Waals surface area contributed by atoms with Crippen LogP contribution in [0, 0.1) is 11.6 Å². The van der Waals surface area contributed by atoms with Gasteiger partial charge in [0, 0.05) is 23.1 Å². The summed E-state index contributed by atoms with van der Waals surface area (Å²) in [5.74, 6) is -2.18. The van der Waals surface area contributed by atoms with Crippen LogP contribution in [0.1, 0.15) is 28.8 Å². The molecule has 0 radical (unpaired) electrons. The maximum absolute atomic E-state index is 14.5. The van der Waals surface area contributed by atoms with Gasteiger partial charge >= 0.3 is 0 Å². The molecule has 2 aliphatic rings. The predicted octanol–water partition coefficient (Wildman–Crippen LogP) is 2.53. The van der Waals surface area contributed by atoms with E-state index in [-0.39, 0.29) is 29.6 Å². The molecule has 4 rings (SSSR count). The van der Waals surface area contributed by atoms with Gasteiger partial charge in [-0.15, -0.1) is 0 Å². The summed E-state index contributed by atoms with van der Waals surface area (Å²) in [6, 6.07) is 2.84. The molecule has 134 valence electrons. The van der Waals surface area contributed by atoms with E-state index in [2.05, 4.69) is 15.3 Å². The highest BCUT2D eigenvalue weighted by atomic mass is 35.5. The summed E-state index contributed by atoms with van der Waals surface area (Å²) in [5.41, 5.74) is 0.111. The number of hydrogen-bond acceptors (Lipinski definition) is 4. The number of halogens is 3. The number of fused-ring (bicyclic) bond motifs is 2. The zero-order valence-corrected chi connectivity index (χ0v) is 14.2. The van der Waals surface area contributed by atoms with Crippen molar-refractivity contribution in [2.75, 3.05) is 18.4 Å². The minimum atomic E-state index is -0.623. The van der Waals surface area contributed by atoms with E-state index in [0.29, 0.717) is 5.56 Å². The Morgan fingerprint density at radius 2 is 1.96 bits per heavy atom.